The van der Waals surface area contributed by atoms with E-state index in [9.17, 15) is 4.79 Å². The van der Waals surface area contributed by atoms with Crippen LogP contribution in [-0.2, 0) is 4.79 Å². The van der Waals surface area contributed by atoms with Crippen molar-refractivity contribution in [3.05, 3.63) is 0 Å². The monoisotopic (exact) mass is 281 g/mol. The molecule has 2 heterocycles. The summed E-state index contributed by atoms with van der Waals surface area (Å²) in [5.41, 5.74) is 0. The highest BCUT2D eigenvalue weighted by molar-refractivity contribution is 5.84. The van der Waals surface area contributed by atoms with Crippen LogP contribution in [0.15, 0.2) is 0 Å². The zero-order valence-corrected chi connectivity index (χ0v) is 13.2. The van der Waals surface area contributed by atoms with E-state index in [0.29, 0.717) is 5.91 Å². The molecule has 20 heavy (non-hydrogen) atoms. The first-order valence-corrected chi connectivity index (χ1v) is 8.55. The summed E-state index contributed by atoms with van der Waals surface area (Å²) in [5.74, 6) is 0.344. The van der Waals surface area contributed by atoms with Gasteiger partial charge >= 0.3 is 0 Å². The predicted molar refractivity (Wildman–Crippen MR) is 82.5 cm³/mol. The number of hydrogen-bond donors (Lipinski definition) is 1. The first-order valence-electron chi connectivity index (χ1n) is 8.55. The van der Waals surface area contributed by atoms with Crippen LogP contribution < -0.4 is 5.32 Å². The molecule has 2 fully saturated rings. The highest BCUT2D eigenvalue weighted by Gasteiger charge is 2.37. The summed E-state index contributed by atoms with van der Waals surface area (Å²) in [5, 5.41) is 3.56. The summed E-state index contributed by atoms with van der Waals surface area (Å²) in [7, 11) is 0. The van der Waals surface area contributed by atoms with Gasteiger partial charge < -0.3 is 9.80 Å². The van der Waals surface area contributed by atoms with Gasteiger partial charge in [-0.05, 0) is 38.8 Å². The number of carbonyl (C=O) groups is 1. The summed E-state index contributed by atoms with van der Waals surface area (Å²) >= 11 is 0. The van der Waals surface area contributed by atoms with E-state index < -0.39 is 0 Å². The molecule has 0 radical (unpaired) electrons. The van der Waals surface area contributed by atoms with Crippen molar-refractivity contribution in [1.82, 2.24) is 15.1 Å². The lowest BCUT2D eigenvalue weighted by molar-refractivity contribution is -0.130. The highest BCUT2D eigenvalue weighted by Crippen LogP contribution is 2.19. The molecule has 0 saturated carbocycles. The van der Waals surface area contributed by atoms with Crippen LogP contribution >= 0.6 is 0 Å². The first kappa shape index (κ1) is 15.8. The van der Waals surface area contributed by atoms with E-state index in [1.54, 1.807) is 0 Å². The highest BCUT2D eigenvalue weighted by atomic mass is 16.2. The molecule has 0 spiro atoms. The lowest BCUT2D eigenvalue weighted by atomic mass is 10.1. The lowest BCUT2D eigenvalue weighted by Crippen LogP contribution is -2.41. The average molecular weight is 281 g/mol. The largest absolute Gasteiger partial charge is 0.325 e. The Morgan fingerprint density at radius 3 is 2.50 bits per heavy atom. The van der Waals surface area contributed by atoms with Crippen molar-refractivity contribution in [2.24, 2.45) is 0 Å². The number of likely N-dealkylation sites (tertiary alicyclic amines) is 1. The van der Waals surface area contributed by atoms with Crippen LogP contribution in [0.3, 0.4) is 0 Å². The van der Waals surface area contributed by atoms with Gasteiger partial charge in [-0.15, -0.1) is 0 Å². The predicted octanol–water partition coefficient (Wildman–Crippen LogP) is 2.20. The van der Waals surface area contributed by atoms with E-state index in [4.69, 9.17) is 0 Å². The zero-order valence-electron chi connectivity index (χ0n) is 13.2. The minimum absolute atomic E-state index is 0.0741. The molecule has 2 unspecified atom stereocenters. The van der Waals surface area contributed by atoms with Crippen molar-refractivity contribution < 1.29 is 4.79 Å². The number of rotatable bonds is 8. The third-order valence-corrected chi connectivity index (χ3v) is 4.62. The topological polar surface area (TPSA) is 35.6 Å². The molecular formula is C16H31N3O. The van der Waals surface area contributed by atoms with Gasteiger partial charge in [0.15, 0.2) is 0 Å². The van der Waals surface area contributed by atoms with Gasteiger partial charge in [0.05, 0.1) is 12.2 Å². The van der Waals surface area contributed by atoms with Crippen molar-refractivity contribution in [3.63, 3.8) is 0 Å². The summed E-state index contributed by atoms with van der Waals surface area (Å²) in [6.45, 7) is 8.77. The van der Waals surface area contributed by atoms with Crippen LogP contribution in [0.5, 0.6) is 0 Å². The molecular weight excluding hydrogens is 250 g/mol. The Bertz CT molecular complexity index is 302. The Kier molecular flexibility index (Phi) is 6.30. The smallest absolute Gasteiger partial charge is 0.241 e. The van der Waals surface area contributed by atoms with E-state index in [0.717, 1.165) is 45.2 Å². The van der Waals surface area contributed by atoms with Crippen LogP contribution in [0.1, 0.15) is 58.8 Å². The molecule has 2 rings (SSSR count). The summed E-state index contributed by atoms with van der Waals surface area (Å²) in [4.78, 5) is 17.2. The Hall–Kier alpha value is -0.610. The van der Waals surface area contributed by atoms with Crippen LogP contribution in [-0.4, -0.2) is 54.1 Å². The molecule has 2 saturated heterocycles. The third kappa shape index (κ3) is 3.95. The maximum absolute atomic E-state index is 12.5. The van der Waals surface area contributed by atoms with Crippen LogP contribution in [0, 0.1) is 0 Å². The average Bonchev–Trinajstić information content (AvgIpc) is 3.04. The van der Waals surface area contributed by atoms with Gasteiger partial charge in [0.1, 0.15) is 0 Å². The van der Waals surface area contributed by atoms with E-state index in [1.165, 1.54) is 25.9 Å². The molecule has 2 atom stereocenters. The van der Waals surface area contributed by atoms with Crippen LogP contribution in [0.4, 0.5) is 0 Å². The van der Waals surface area contributed by atoms with Crippen molar-refractivity contribution in [1.29, 1.82) is 0 Å². The number of nitrogens with zero attached hydrogens (tertiary/aromatic N) is 2. The molecule has 116 valence electrons. The molecule has 1 N–H and O–H groups in total. The molecule has 4 heteroatoms. The summed E-state index contributed by atoms with van der Waals surface area (Å²) < 4.78 is 0. The number of nitrogens with one attached hydrogen (secondary N) is 1. The quantitative estimate of drug-likeness (QED) is 0.741. The van der Waals surface area contributed by atoms with Gasteiger partial charge in [0.2, 0.25) is 5.91 Å². The van der Waals surface area contributed by atoms with Crippen LogP contribution in [0.25, 0.3) is 0 Å². The fourth-order valence-electron chi connectivity index (χ4n) is 3.40. The van der Waals surface area contributed by atoms with E-state index in [1.807, 2.05) is 0 Å². The Balaban J connectivity index is 1.86. The van der Waals surface area contributed by atoms with Gasteiger partial charge in [0.25, 0.3) is 0 Å². The maximum Gasteiger partial charge on any atom is 0.241 e. The number of amides is 1. The van der Waals surface area contributed by atoms with Crippen LogP contribution in [0.2, 0.25) is 0 Å². The maximum atomic E-state index is 12.5. The van der Waals surface area contributed by atoms with Gasteiger partial charge in [0, 0.05) is 13.1 Å². The zero-order chi connectivity index (χ0) is 14.4. The van der Waals surface area contributed by atoms with E-state index in [-0.39, 0.29) is 12.2 Å². The van der Waals surface area contributed by atoms with Gasteiger partial charge in [-0.1, -0.05) is 33.1 Å². The summed E-state index contributed by atoms with van der Waals surface area (Å²) in [6.07, 6.45) is 8.43. The molecule has 2 aliphatic rings. The van der Waals surface area contributed by atoms with Crippen molar-refractivity contribution >= 4 is 5.91 Å². The SMILES string of the molecule is CCCCC1NC(CCC)N(CCN2CCCC2)C1=O. The standard InChI is InChI=1S/C16H31N3O/c1-3-5-9-14-16(20)19(15(17-14)8-4-2)13-12-18-10-6-7-11-18/h14-15,17H,3-13H2,1-2H3. The number of carbonyl (C=O) groups excluding carboxylic acids is 1. The molecule has 0 aromatic rings. The third-order valence-electron chi connectivity index (χ3n) is 4.62. The molecule has 0 aromatic heterocycles. The second-order valence-corrected chi connectivity index (χ2v) is 6.25. The van der Waals surface area contributed by atoms with Crippen molar-refractivity contribution in [2.45, 2.75) is 71.0 Å². The minimum Gasteiger partial charge on any atom is -0.325 e. The molecule has 4 nitrogen and oxygen atoms in total. The Labute approximate surface area is 123 Å². The normalized spacial score (nSPS) is 27.7. The Morgan fingerprint density at radius 2 is 1.85 bits per heavy atom. The Morgan fingerprint density at radius 1 is 1.10 bits per heavy atom. The number of hydrogen-bond acceptors (Lipinski definition) is 3. The minimum atomic E-state index is 0.0741. The van der Waals surface area contributed by atoms with E-state index >= 15 is 0 Å². The molecule has 0 aromatic carbocycles. The van der Waals surface area contributed by atoms with Gasteiger partial charge in [-0.25, -0.2) is 0 Å². The lowest BCUT2D eigenvalue weighted by Gasteiger charge is -2.26. The van der Waals surface area contributed by atoms with Crippen molar-refractivity contribution in [3.8, 4) is 0 Å². The molecule has 0 aliphatic carbocycles. The first-order chi connectivity index (χ1) is 9.76. The second kappa shape index (κ2) is 7.99. The van der Waals surface area contributed by atoms with Gasteiger partial charge in [-0.3, -0.25) is 10.1 Å². The molecule has 2 aliphatic heterocycles. The number of unbranched alkanes of at least 4 members (excludes halogenated alkanes) is 1. The fourth-order valence-corrected chi connectivity index (χ4v) is 3.40. The van der Waals surface area contributed by atoms with Gasteiger partial charge in [-0.2, -0.15) is 0 Å². The summed E-state index contributed by atoms with van der Waals surface area (Å²) in [6, 6.07) is 0.0741. The second-order valence-electron chi connectivity index (χ2n) is 6.25. The van der Waals surface area contributed by atoms with Crippen molar-refractivity contribution in [2.75, 3.05) is 26.2 Å². The molecule has 0 bridgehead atoms. The molecule has 1 amide bonds. The fraction of sp³-hybridized carbons (Fsp3) is 0.938. The van der Waals surface area contributed by atoms with E-state index in [2.05, 4.69) is 29.0 Å².